The molecule has 0 radical (unpaired) electrons. The van der Waals surface area contributed by atoms with Gasteiger partial charge < -0.3 is 2.85 Å². The summed E-state index contributed by atoms with van der Waals surface area (Å²) < 4.78 is 57.5. The van der Waals surface area contributed by atoms with Crippen molar-refractivity contribution in [1.82, 2.24) is 0 Å². The number of rotatable bonds is 0. The van der Waals surface area contributed by atoms with Crippen LogP contribution >= 0.6 is 0 Å². The van der Waals surface area contributed by atoms with E-state index in [1.54, 1.807) is 0 Å². The van der Waals surface area contributed by atoms with Crippen LogP contribution in [0.1, 0.15) is 2.85 Å². The van der Waals surface area contributed by atoms with Gasteiger partial charge in [0.25, 0.3) is 0 Å². The maximum Gasteiger partial charge on any atom is 1.00 e. The second kappa shape index (κ2) is 4.71. The van der Waals surface area contributed by atoms with Crippen LogP contribution < -0.4 is 37.7 Å². The molecule has 54 valence electrons. The molecule has 0 heterocycles. The largest absolute Gasteiger partial charge is 1.00 e. The molecule has 0 aliphatic rings. The SMILES string of the molecule is O=S(=O)(O)C(F)(F)F.[H-].[H-].[Li+].[Li+]. The van der Waals surface area contributed by atoms with Gasteiger partial charge in [-0.05, 0) is 0 Å². The Morgan fingerprint density at radius 3 is 1.30 bits per heavy atom. The number of alkyl halides is 3. The number of halogens is 3. The van der Waals surface area contributed by atoms with Crippen molar-refractivity contribution in [3.05, 3.63) is 0 Å². The van der Waals surface area contributed by atoms with E-state index in [1.807, 2.05) is 0 Å². The number of hydrogen-bond acceptors (Lipinski definition) is 2. The van der Waals surface area contributed by atoms with Crippen molar-refractivity contribution in [2.75, 3.05) is 0 Å². The maximum atomic E-state index is 10.7. The average Bonchev–Trinajstić information content (AvgIpc) is 1.25. The van der Waals surface area contributed by atoms with Gasteiger partial charge in [-0.3, -0.25) is 4.55 Å². The molecular formula is CH3F3Li2O3S. The van der Waals surface area contributed by atoms with Crippen LogP contribution in [0.4, 0.5) is 13.2 Å². The molecule has 0 aromatic rings. The molecule has 0 saturated heterocycles. The molecule has 0 rings (SSSR count). The second-order valence-corrected chi connectivity index (χ2v) is 2.33. The topological polar surface area (TPSA) is 54.4 Å². The Labute approximate surface area is 82.4 Å². The first kappa shape index (κ1) is 17.1. The molecular weight excluding hydrogens is 163 g/mol. The molecule has 0 bridgehead atoms. The third-order valence-electron chi connectivity index (χ3n) is 0.292. The fourth-order valence-electron chi connectivity index (χ4n) is 0. The van der Waals surface area contributed by atoms with Crippen molar-refractivity contribution in [1.29, 1.82) is 0 Å². The zero-order chi connectivity index (χ0) is 7.00. The molecule has 3 nitrogen and oxygen atoms in total. The van der Waals surface area contributed by atoms with Crippen LogP contribution in [-0.4, -0.2) is 18.5 Å². The van der Waals surface area contributed by atoms with E-state index in [1.165, 1.54) is 0 Å². The van der Waals surface area contributed by atoms with Gasteiger partial charge in [-0.2, -0.15) is 21.6 Å². The summed E-state index contributed by atoms with van der Waals surface area (Å²) in [5, 5.41) is 0. The van der Waals surface area contributed by atoms with Crippen molar-refractivity contribution >= 4 is 10.1 Å². The van der Waals surface area contributed by atoms with Crippen LogP contribution in [0.5, 0.6) is 0 Å². The molecule has 0 aromatic heterocycles. The normalized spacial score (nSPS) is 11.2. The van der Waals surface area contributed by atoms with E-state index >= 15 is 0 Å². The first-order valence-electron chi connectivity index (χ1n) is 1.29. The minimum atomic E-state index is -5.84. The molecule has 10 heavy (non-hydrogen) atoms. The Hall–Kier alpha value is 0.895. The summed E-state index contributed by atoms with van der Waals surface area (Å²) in [6.45, 7) is 0. The van der Waals surface area contributed by atoms with E-state index in [9.17, 15) is 13.2 Å². The molecule has 0 spiro atoms. The minimum absolute atomic E-state index is 0. The molecule has 1 N–H and O–H groups in total. The van der Waals surface area contributed by atoms with Gasteiger partial charge in [0, 0.05) is 0 Å². The van der Waals surface area contributed by atoms with E-state index in [-0.39, 0.29) is 40.6 Å². The Morgan fingerprint density at radius 2 is 1.30 bits per heavy atom. The first-order valence-corrected chi connectivity index (χ1v) is 2.73. The van der Waals surface area contributed by atoms with Gasteiger partial charge in [0.05, 0.1) is 0 Å². The Balaban J connectivity index is -0.0000000408. The fourth-order valence-corrected chi connectivity index (χ4v) is 0. The summed E-state index contributed by atoms with van der Waals surface area (Å²) in [6, 6.07) is 0. The molecule has 0 aliphatic heterocycles. The van der Waals surface area contributed by atoms with E-state index in [2.05, 4.69) is 0 Å². The summed E-state index contributed by atoms with van der Waals surface area (Å²) in [5.74, 6) is 0. The van der Waals surface area contributed by atoms with Crippen LogP contribution in [0, 0.1) is 0 Å². The molecule has 0 saturated carbocycles. The van der Waals surface area contributed by atoms with Crippen LogP contribution in [0.2, 0.25) is 0 Å². The fraction of sp³-hybridized carbons (Fsp3) is 1.00. The van der Waals surface area contributed by atoms with Gasteiger partial charge in [0.15, 0.2) is 0 Å². The molecule has 0 aliphatic carbocycles. The van der Waals surface area contributed by atoms with Crippen LogP contribution in [0.15, 0.2) is 0 Å². The standard InChI is InChI=1S/CHF3O3S.2Li.2H/c2-1(3,4)8(5,6)7;;;;/h(H,5,6,7);;;;/q;2*+1;2*-1. The first-order chi connectivity index (χ1) is 3.25. The average molecular weight is 166 g/mol. The summed E-state index contributed by atoms with van der Waals surface area (Å²) in [5.41, 5.74) is -5.53. The van der Waals surface area contributed by atoms with Crippen molar-refractivity contribution in [3.63, 3.8) is 0 Å². The zero-order valence-corrected chi connectivity index (χ0v) is 6.12. The predicted molar refractivity (Wildman–Crippen MR) is 19.8 cm³/mol. The number of hydrogen-bond donors (Lipinski definition) is 1. The third-order valence-corrected chi connectivity index (χ3v) is 0.877. The Kier molecular flexibility index (Phi) is 8.06. The van der Waals surface area contributed by atoms with Gasteiger partial charge in [-0.25, -0.2) is 0 Å². The van der Waals surface area contributed by atoms with Crippen molar-refractivity contribution in [3.8, 4) is 0 Å². The zero-order valence-electron chi connectivity index (χ0n) is 7.31. The predicted octanol–water partition coefficient (Wildman–Crippen LogP) is -5.37. The van der Waals surface area contributed by atoms with Crippen LogP contribution in [0.25, 0.3) is 0 Å². The van der Waals surface area contributed by atoms with E-state index in [0.717, 1.165) is 0 Å². The third kappa shape index (κ3) is 5.66. The van der Waals surface area contributed by atoms with E-state index in [4.69, 9.17) is 13.0 Å². The molecule has 0 fully saturated rings. The van der Waals surface area contributed by atoms with Gasteiger partial charge in [0.2, 0.25) is 0 Å². The quantitative estimate of drug-likeness (QED) is 0.222. The minimum Gasteiger partial charge on any atom is -1.00 e. The van der Waals surface area contributed by atoms with Crippen LogP contribution in [0.3, 0.4) is 0 Å². The van der Waals surface area contributed by atoms with Crippen molar-refractivity contribution in [2.24, 2.45) is 0 Å². The maximum absolute atomic E-state index is 10.7. The smallest absolute Gasteiger partial charge is 1.00 e. The summed E-state index contributed by atoms with van der Waals surface area (Å²) >= 11 is 0. The van der Waals surface area contributed by atoms with Crippen molar-refractivity contribution in [2.45, 2.75) is 5.51 Å². The second-order valence-electron chi connectivity index (χ2n) is 0.921. The Bertz CT molecular complexity index is 178. The van der Waals surface area contributed by atoms with Gasteiger partial charge >= 0.3 is 53.3 Å². The monoisotopic (exact) mass is 166 g/mol. The van der Waals surface area contributed by atoms with Gasteiger partial charge in [-0.1, -0.05) is 0 Å². The van der Waals surface area contributed by atoms with E-state index in [0.29, 0.717) is 0 Å². The molecule has 0 atom stereocenters. The van der Waals surface area contributed by atoms with E-state index < -0.39 is 15.6 Å². The summed E-state index contributed by atoms with van der Waals surface area (Å²) in [7, 11) is -5.84. The van der Waals surface area contributed by atoms with Gasteiger partial charge in [0.1, 0.15) is 0 Å². The molecule has 9 heteroatoms. The summed E-state index contributed by atoms with van der Waals surface area (Å²) in [4.78, 5) is 0. The molecule has 0 unspecified atom stereocenters. The molecule has 0 amide bonds. The molecule has 0 aromatic carbocycles. The Morgan fingerprint density at radius 1 is 1.20 bits per heavy atom. The van der Waals surface area contributed by atoms with Gasteiger partial charge in [-0.15, -0.1) is 0 Å². The summed E-state index contributed by atoms with van der Waals surface area (Å²) in [6.07, 6.45) is 0. The van der Waals surface area contributed by atoms with Crippen LogP contribution in [-0.2, 0) is 10.1 Å². The van der Waals surface area contributed by atoms with Crippen molar-refractivity contribution < 1.29 is 66.7 Å².